The molecule has 0 unspecified atom stereocenters. The molecule has 122 valence electrons. The lowest BCUT2D eigenvalue weighted by atomic mass is 10.1. The predicted octanol–water partition coefficient (Wildman–Crippen LogP) is 4.27. The second kappa shape index (κ2) is 8.31. The zero-order valence-electron chi connectivity index (χ0n) is 12.9. The highest BCUT2D eigenvalue weighted by Crippen LogP contribution is 2.28. The minimum Gasteiger partial charge on any atom is -0.478 e. The first kappa shape index (κ1) is 18.7. The maximum absolute atomic E-state index is 14.0. The van der Waals surface area contributed by atoms with E-state index in [9.17, 15) is 9.18 Å². The van der Waals surface area contributed by atoms with E-state index in [2.05, 4.69) is 19.6 Å². The molecule has 0 heterocycles. The SMILES string of the molecule is C[Si](C)(C)CCOCOc1ccc(Cl)c(F)c1/C=C/C(=O)O. The van der Waals surface area contributed by atoms with Crippen LogP contribution in [-0.2, 0) is 9.53 Å². The van der Waals surface area contributed by atoms with Gasteiger partial charge in [-0.3, -0.25) is 0 Å². The van der Waals surface area contributed by atoms with Crippen LogP contribution in [0, 0.1) is 5.82 Å². The Morgan fingerprint density at radius 3 is 2.68 bits per heavy atom. The summed E-state index contributed by atoms with van der Waals surface area (Å²) in [5.74, 6) is -1.72. The summed E-state index contributed by atoms with van der Waals surface area (Å²) in [5.41, 5.74) is -0.0105. The summed E-state index contributed by atoms with van der Waals surface area (Å²) < 4.78 is 24.7. The minimum atomic E-state index is -1.18. The Morgan fingerprint density at radius 2 is 2.09 bits per heavy atom. The summed E-state index contributed by atoms with van der Waals surface area (Å²) >= 11 is 5.70. The van der Waals surface area contributed by atoms with Gasteiger partial charge in [-0.1, -0.05) is 31.2 Å². The van der Waals surface area contributed by atoms with Crippen molar-refractivity contribution in [1.82, 2.24) is 0 Å². The third-order valence-corrected chi connectivity index (χ3v) is 4.78. The van der Waals surface area contributed by atoms with Gasteiger partial charge in [-0.05, 0) is 24.3 Å². The van der Waals surface area contributed by atoms with Crippen molar-refractivity contribution >= 4 is 31.7 Å². The van der Waals surface area contributed by atoms with Gasteiger partial charge in [-0.2, -0.15) is 0 Å². The predicted molar refractivity (Wildman–Crippen MR) is 87.7 cm³/mol. The van der Waals surface area contributed by atoms with E-state index >= 15 is 0 Å². The third-order valence-electron chi connectivity index (χ3n) is 2.78. The van der Waals surface area contributed by atoms with Gasteiger partial charge in [-0.15, -0.1) is 0 Å². The molecule has 0 aliphatic heterocycles. The number of rotatable bonds is 8. The normalized spacial score (nSPS) is 11.9. The van der Waals surface area contributed by atoms with E-state index in [0.717, 1.165) is 18.2 Å². The summed E-state index contributed by atoms with van der Waals surface area (Å²) in [4.78, 5) is 10.6. The maximum atomic E-state index is 14.0. The van der Waals surface area contributed by atoms with Gasteiger partial charge in [0, 0.05) is 20.8 Å². The summed E-state index contributed by atoms with van der Waals surface area (Å²) in [5, 5.41) is 8.54. The van der Waals surface area contributed by atoms with E-state index < -0.39 is 19.9 Å². The van der Waals surface area contributed by atoms with Crippen molar-refractivity contribution in [3.8, 4) is 5.75 Å². The first-order valence-electron chi connectivity index (χ1n) is 6.80. The van der Waals surface area contributed by atoms with E-state index in [1.54, 1.807) is 0 Å². The fraction of sp³-hybridized carbons (Fsp3) is 0.400. The minimum absolute atomic E-state index is 0.0105. The average molecular weight is 347 g/mol. The quantitative estimate of drug-likeness (QED) is 0.330. The van der Waals surface area contributed by atoms with Crippen molar-refractivity contribution in [2.75, 3.05) is 13.4 Å². The van der Waals surface area contributed by atoms with Crippen molar-refractivity contribution in [3.63, 3.8) is 0 Å². The summed E-state index contributed by atoms with van der Waals surface area (Å²) in [6, 6.07) is 3.83. The second-order valence-corrected chi connectivity index (χ2v) is 12.0. The van der Waals surface area contributed by atoms with Crippen LogP contribution in [0.4, 0.5) is 4.39 Å². The van der Waals surface area contributed by atoms with Crippen molar-refractivity contribution in [2.45, 2.75) is 25.7 Å². The van der Waals surface area contributed by atoms with Gasteiger partial charge in [0.15, 0.2) is 12.6 Å². The Bertz CT molecular complexity index is 555. The summed E-state index contributed by atoms with van der Waals surface area (Å²) in [6.07, 6.45) is 1.94. The van der Waals surface area contributed by atoms with Crippen LogP contribution in [0.3, 0.4) is 0 Å². The van der Waals surface area contributed by atoms with Gasteiger partial charge in [0.1, 0.15) is 5.75 Å². The number of hydrogen-bond donors (Lipinski definition) is 1. The lowest BCUT2D eigenvalue weighted by Gasteiger charge is -2.16. The van der Waals surface area contributed by atoms with Crippen LogP contribution in [-0.4, -0.2) is 32.5 Å². The van der Waals surface area contributed by atoms with Crippen LogP contribution >= 0.6 is 11.6 Å². The molecule has 0 saturated heterocycles. The molecule has 0 aromatic heterocycles. The molecule has 1 aromatic rings. The smallest absolute Gasteiger partial charge is 0.328 e. The molecule has 0 saturated carbocycles. The molecule has 1 aromatic carbocycles. The number of halogens is 2. The highest BCUT2D eigenvalue weighted by molar-refractivity contribution is 6.76. The van der Waals surface area contributed by atoms with Crippen LogP contribution in [0.2, 0.25) is 30.7 Å². The molecule has 1 N–H and O–H groups in total. The molecule has 4 nitrogen and oxygen atoms in total. The standard InChI is InChI=1S/C15H20ClFO4Si/c1-22(2,3)9-8-20-10-21-13-6-5-12(16)15(17)11(13)4-7-14(18)19/h4-7H,8-10H2,1-3H3,(H,18,19)/b7-4+. The lowest BCUT2D eigenvalue weighted by molar-refractivity contribution is -0.131. The van der Waals surface area contributed by atoms with E-state index in [4.69, 9.17) is 26.2 Å². The van der Waals surface area contributed by atoms with E-state index in [1.807, 2.05) is 0 Å². The molecule has 0 spiro atoms. The first-order valence-corrected chi connectivity index (χ1v) is 10.9. The molecule has 7 heteroatoms. The number of carbonyl (C=O) groups is 1. The fourth-order valence-electron chi connectivity index (χ4n) is 1.53. The summed E-state index contributed by atoms with van der Waals surface area (Å²) in [6.45, 7) is 7.26. The molecule has 0 fully saturated rings. The van der Waals surface area contributed by atoms with Gasteiger partial charge in [-0.25, -0.2) is 9.18 Å². The lowest BCUT2D eigenvalue weighted by Crippen LogP contribution is -2.22. The topological polar surface area (TPSA) is 55.8 Å². The van der Waals surface area contributed by atoms with Crippen LogP contribution < -0.4 is 4.74 Å². The van der Waals surface area contributed by atoms with Gasteiger partial charge in [0.2, 0.25) is 0 Å². The van der Waals surface area contributed by atoms with Crippen molar-refractivity contribution in [2.24, 2.45) is 0 Å². The molecule has 0 aliphatic rings. The monoisotopic (exact) mass is 346 g/mol. The van der Waals surface area contributed by atoms with E-state index in [0.29, 0.717) is 6.61 Å². The molecule has 0 radical (unpaired) electrons. The zero-order valence-corrected chi connectivity index (χ0v) is 14.6. The number of hydrogen-bond acceptors (Lipinski definition) is 3. The third kappa shape index (κ3) is 6.59. The molecular formula is C15H20ClFO4Si. The molecule has 0 atom stereocenters. The molecular weight excluding hydrogens is 327 g/mol. The van der Waals surface area contributed by atoms with Crippen LogP contribution in [0.15, 0.2) is 18.2 Å². The molecule has 0 aliphatic carbocycles. The number of benzene rings is 1. The second-order valence-electron chi connectivity index (χ2n) is 5.93. The van der Waals surface area contributed by atoms with Crippen LogP contribution in [0.1, 0.15) is 5.56 Å². The average Bonchev–Trinajstić information content (AvgIpc) is 2.40. The van der Waals surface area contributed by atoms with Gasteiger partial charge >= 0.3 is 5.97 Å². The van der Waals surface area contributed by atoms with Gasteiger partial charge in [0.05, 0.1) is 10.6 Å². The number of carboxylic acid groups (broad SMARTS) is 1. The molecule has 22 heavy (non-hydrogen) atoms. The molecule has 0 bridgehead atoms. The van der Waals surface area contributed by atoms with Crippen molar-refractivity contribution in [3.05, 3.63) is 34.6 Å². The van der Waals surface area contributed by atoms with Crippen molar-refractivity contribution in [1.29, 1.82) is 0 Å². The zero-order chi connectivity index (χ0) is 16.8. The maximum Gasteiger partial charge on any atom is 0.328 e. The fourth-order valence-corrected chi connectivity index (χ4v) is 2.45. The Morgan fingerprint density at radius 1 is 1.41 bits per heavy atom. The number of aliphatic carboxylic acids is 1. The van der Waals surface area contributed by atoms with E-state index in [1.165, 1.54) is 12.1 Å². The van der Waals surface area contributed by atoms with Gasteiger partial charge in [0.25, 0.3) is 0 Å². The van der Waals surface area contributed by atoms with Crippen LogP contribution in [0.5, 0.6) is 5.75 Å². The van der Waals surface area contributed by atoms with Crippen molar-refractivity contribution < 1.29 is 23.8 Å². The summed E-state index contributed by atoms with van der Waals surface area (Å²) in [7, 11) is -1.17. The largest absolute Gasteiger partial charge is 0.478 e. The first-order chi connectivity index (χ1) is 10.2. The van der Waals surface area contributed by atoms with Crippen LogP contribution in [0.25, 0.3) is 6.08 Å². The Balaban J connectivity index is 2.70. The number of carboxylic acids is 1. The molecule has 0 amide bonds. The Kier molecular flexibility index (Phi) is 7.05. The van der Waals surface area contributed by atoms with E-state index in [-0.39, 0.29) is 23.1 Å². The Hall–Kier alpha value is -1.37. The highest BCUT2D eigenvalue weighted by Gasteiger charge is 2.13. The molecule has 1 rings (SSSR count). The highest BCUT2D eigenvalue weighted by atomic mass is 35.5. The number of ether oxygens (including phenoxy) is 2. The Labute approximate surface area is 135 Å². The van der Waals surface area contributed by atoms with Gasteiger partial charge < -0.3 is 14.6 Å².